The Labute approximate surface area is 181 Å². The van der Waals surface area contributed by atoms with Gasteiger partial charge in [0.25, 0.3) is 5.91 Å². The minimum Gasteiger partial charge on any atom is -0.493 e. The molecule has 0 saturated carbocycles. The SMILES string of the molecule is CCCCCCOc1ccccc1C(=O)NC(=S)Nc1sc2c(c1C#N)CCC2. The molecule has 7 heteroatoms. The number of nitriles is 1. The smallest absolute Gasteiger partial charge is 0.261 e. The number of hydrogen-bond donors (Lipinski definition) is 2. The van der Waals surface area contributed by atoms with Crippen molar-refractivity contribution in [3.05, 3.63) is 45.8 Å². The molecule has 0 unspecified atom stereocenters. The molecule has 0 bridgehead atoms. The quantitative estimate of drug-likeness (QED) is 0.448. The lowest BCUT2D eigenvalue weighted by molar-refractivity contribution is 0.0973. The van der Waals surface area contributed by atoms with Crippen molar-refractivity contribution in [3.8, 4) is 11.8 Å². The summed E-state index contributed by atoms with van der Waals surface area (Å²) in [7, 11) is 0. The number of aryl methyl sites for hydroxylation is 1. The average molecular weight is 428 g/mol. The average Bonchev–Trinajstić information content (AvgIpc) is 3.28. The van der Waals surface area contributed by atoms with E-state index in [9.17, 15) is 10.1 Å². The highest BCUT2D eigenvalue weighted by Crippen LogP contribution is 2.38. The lowest BCUT2D eigenvalue weighted by atomic mass is 10.1. The number of amides is 1. The number of thiophene rings is 1. The van der Waals surface area contributed by atoms with Gasteiger partial charge in [-0.15, -0.1) is 11.3 Å². The van der Waals surface area contributed by atoms with Gasteiger partial charge in [-0.05, 0) is 55.6 Å². The molecule has 0 radical (unpaired) electrons. The summed E-state index contributed by atoms with van der Waals surface area (Å²) in [6.45, 7) is 2.75. The van der Waals surface area contributed by atoms with Crippen LogP contribution in [0.5, 0.6) is 5.75 Å². The van der Waals surface area contributed by atoms with Crippen LogP contribution in [-0.2, 0) is 12.8 Å². The number of ether oxygens (including phenoxy) is 1. The van der Waals surface area contributed by atoms with Crippen molar-refractivity contribution in [2.75, 3.05) is 11.9 Å². The molecule has 1 heterocycles. The molecular formula is C22H25N3O2S2. The number of benzene rings is 1. The van der Waals surface area contributed by atoms with Crippen molar-refractivity contribution >= 4 is 39.6 Å². The first-order valence-corrected chi connectivity index (χ1v) is 11.2. The van der Waals surface area contributed by atoms with Gasteiger partial charge in [0.2, 0.25) is 0 Å². The van der Waals surface area contributed by atoms with Gasteiger partial charge in [-0.1, -0.05) is 38.3 Å². The second-order valence-electron chi connectivity index (χ2n) is 6.99. The third-order valence-corrected chi connectivity index (χ3v) is 6.29. The lowest BCUT2D eigenvalue weighted by Crippen LogP contribution is -2.34. The number of nitrogens with zero attached hydrogens (tertiary/aromatic N) is 1. The summed E-state index contributed by atoms with van der Waals surface area (Å²) >= 11 is 6.87. The Morgan fingerprint density at radius 1 is 1.28 bits per heavy atom. The van der Waals surface area contributed by atoms with Crippen molar-refractivity contribution < 1.29 is 9.53 Å². The van der Waals surface area contributed by atoms with E-state index >= 15 is 0 Å². The summed E-state index contributed by atoms with van der Waals surface area (Å²) in [5.41, 5.74) is 2.21. The number of anilines is 1. The van der Waals surface area contributed by atoms with E-state index in [0.29, 0.717) is 28.5 Å². The summed E-state index contributed by atoms with van der Waals surface area (Å²) in [6, 6.07) is 9.43. The minimum atomic E-state index is -0.325. The summed E-state index contributed by atoms with van der Waals surface area (Å²) < 4.78 is 5.82. The molecule has 3 rings (SSSR count). The van der Waals surface area contributed by atoms with E-state index in [-0.39, 0.29) is 11.0 Å². The minimum absolute atomic E-state index is 0.184. The molecule has 0 fully saturated rings. The molecule has 0 aliphatic heterocycles. The van der Waals surface area contributed by atoms with Crippen molar-refractivity contribution in [1.82, 2.24) is 5.32 Å². The monoisotopic (exact) mass is 427 g/mol. The van der Waals surface area contributed by atoms with Gasteiger partial charge in [0, 0.05) is 4.88 Å². The Morgan fingerprint density at radius 2 is 2.10 bits per heavy atom. The molecule has 5 nitrogen and oxygen atoms in total. The predicted octanol–water partition coefficient (Wildman–Crippen LogP) is 5.19. The van der Waals surface area contributed by atoms with E-state index in [1.165, 1.54) is 17.7 Å². The third kappa shape index (κ3) is 5.34. The van der Waals surface area contributed by atoms with Gasteiger partial charge < -0.3 is 10.1 Å². The number of fused-ring (bicyclic) bond motifs is 1. The molecule has 152 valence electrons. The van der Waals surface area contributed by atoms with Gasteiger partial charge in [0.05, 0.1) is 17.7 Å². The highest BCUT2D eigenvalue weighted by atomic mass is 32.1. The number of carbonyl (C=O) groups is 1. The van der Waals surface area contributed by atoms with Crippen LogP contribution in [0.1, 0.15) is 65.4 Å². The summed E-state index contributed by atoms with van der Waals surface area (Å²) in [6.07, 6.45) is 7.45. The van der Waals surface area contributed by atoms with Crippen LogP contribution in [-0.4, -0.2) is 17.6 Å². The second-order valence-corrected chi connectivity index (χ2v) is 8.50. The van der Waals surface area contributed by atoms with E-state index < -0.39 is 0 Å². The van der Waals surface area contributed by atoms with Gasteiger partial charge >= 0.3 is 0 Å². The summed E-state index contributed by atoms with van der Waals surface area (Å²) in [5, 5.41) is 16.1. The molecular weight excluding hydrogens is 402 g/mol. The molecule has 29 heavy (non-hydrogen) atoms. The molecule has 1 aromatic heterocycles. The summed E-state index contributed by atoms with van der Waals surface area (Å²) in [5.74, 6) is 0.228. The Bertz CT molecular complexity index is 931. The van der Waals surface area contributed by atoms with Crippen LogP contribution < -0.4 is 15.4 Å². The van der Waals surface area contributed by atoms with Crippen LogP contribution in [0.3, 0.4) is 0 Å². The topological polar surface area (TPSA) is 74.2 Å². The fourth-order valence-corrected chi connectivity index (χ4v) is 4.91. The number of rotatable bonds is 8. The molecule has 0 spiro atoms. The first-order chi connectivity index (χ1) is 14.1. The van der Waals surface area contributed by atoms with Crippen molar-refractivity contribution in [2.45, 2.75) is 51.9 Å². The molecule has 1 aliphatic carbocycles. The first kappa shape index (κ1) is 21.3. The zero-order valence-electron chi connectivity index (χ0n) is 16.5. The van der Waals surface area contributed by atoms with Crippen molar-refractivity contribution in [3.63, 3.8) is 0 Å². The Morgan fingerprint density at radius 3 is 2.90 bits per heavy atom. The summed E-state index contributed by atoms with van der Waals surface area (Å²) in [4.78, 5) is 14.0. The molecule has 1 aromatic carbocycles. The van der Waals surface area contributed by atoms with Gasteiger partial charge in [-0.3, -0.25) is 10.1 Å². The number of unbranched alkanes of at least 4 members (excludes halogenated alkanes) is 3. The molecule has 1 aliphatic rings. The number of para-hydroxylation sites is 1. The van der Waals surface area contributed by atoms with Crippen LogP contribution in [0.15, 0.2) is 24.3 Å². The molecule has 0 saturated heterocycles. The van der Waals surface area contributed by atoms with Crippen LogP contribution in [0.2, 0.25) is 0 Å². The van der Waals surface area contributed by atoms with E-state index in [0.717, 1.165) is 37.7 Å². The maximum atomic E-state index is 12.7. The van der Waals surface area contributed by atoms with Crippen molar-refractivity contribution in [2.24, 2.45) is 0 Å². The fourth-order valence-electron chi connectivity index (χ4n) is 3.41. The van der Waals surface area contributed by atoms with E-state index in [1.807, 2.05) is 6.07 Å². The first-order valence-electron chi connectivity index (χ1n) is 10.0. The molecule has 1 amide bonds. The van der Waals surface area contributed by atoms with Gasteiger partial charge in [-0.2, -0.15) is 5.26 Å². The normalized spacial score (nSPS) is 12.1. The second kappa shape index (κ2) is 10.4. The fraction of sp³-hybridized carbons (Fsp3) is 0.409. The third-order valence-electron chi connectivity index (χ3n) is 4.87. The molecule has 2 N–H and O–H groups in total. The Hall–Kier alpha value is -2.43. The molecule has 0 atom stereocenters. The number of nitrogens with one attached hydrogen (secondary N) is 2. The lowest BCUT2D eigenvalue weighted by Gasteiger charge is -2.13. The van der Waals surface area contributed by atoms with Gasteiger partial charge in [0.15, 0.2) is 5.11 Å². The number of hydrogen-bond acceptors (Lipinski definition) is 5. The standard InChI is InChI=1S/C22H25N3O2S2/c1-2-3-4-7-13-27-18-11-6-5-9-16(18)20(26)24-22(28)25-21-17(14-23)15-10-8-12-19(15)29-21/h5-6,9,11H,2-4,7-8,10,12-13H2,1H3,(H2,24,25,26,28). The maximum Gasteiger partial charge on any atom is 0.261 e. The van der Waals surface area contributed by atoms with E-state index in [1.54, 1.807) is 29.5 Å². The highest BCUT2D eigenvalue weighted by Gasteiger charge is 2.23. The maximum absolute atomic E-state index is 12.7. The van der Waals surface area contributed by atoms with Crippen LogP contribution in [0.4, 0.5) is 5.00 Å². The highest BCUT2D eigenvalue weighted by molar-refractivity contribution is 7.80. The zero-order chi connectivity index (χ0) is 20.6. The molecule has 2 aromatic rings. The van der Waals surface area contributed by atoms with E-state index in [4.69, 9.17) is 17.0 Å². The van der Waals surface area contributed by atoms with Crippen LogP contribution in [0.25, 0.3) is 0 Å². The number of carbonyl (C=O) groups excluding carboxylic acids is 1. The van der Waals surface area contributed by atoms with Crippen molar-refractivity contribution in [1.29, 1.82) is 5.26 Å². The van der Waals surface area contributed by atoms with Crippen LogP contribution in [0, 0.1) is 11.3 Å². The predicted molar refractivity (Wildman–Crippen MR) is 121 cm³/mol. The Kier molecular flexibility index (Phi) is 7.62. The van der Waals surface area contributed by atoms with Gasteiger partial charge in [0.1, 0.15) is 16.8 Å². The zero-order valence-corrected chi connectivity index (χ0v) is 18.2. The Balaban J connectivity index is 1.61. The van der Waals surface area contributed by atoms with E-state index in [2.05, 4.69) is 23.6 Å². The number of thiocarbonyl (C=S) groups is 1. The van der Waals surface area contributed by atoms with Gasteiger partial charge in [-0.25, -0.2) is 0 Å². The largest absolute Gasteiger partial charge is 0.493 e. The van der Waals surface area contributed by atoms with Crippen LogP contribution >= 0.6 is 23.6 Å².